The first kappa shape index (κ1) is 42.3. The lowest BCUT2D eigenvalue weighted by atomic mass is 9.73. The van der Waals surface area contributed by atoms with Crippen LogP contribution in [-0.2, 0) is 63.0 Å². The molecule has 13 heteroatoms. The minimum atomic E-state index is -0.331. The lowest BCUT2D eigenvalue weighted by Crippen LogP contribution is -2.41. The van der Waals surface area contributed by atoms with Gasteiger partial charge in [-0.15, -0.1) is 20.4 Å². The van der Waals surface area contributed by atoms with Crippen LogP contribution in [0.4, 0.5) is 0 Å². The minimum absolute atomic E-state index is 0.319. The number of aromatic nitrogens is 6. The normalized spacial score (nSPS) is 18.1. The van der Waals surface area contributed by atoms with Crippen molar-refractivity contribution >= 4 is 34.1 Å². The van der Waals surface area contributed by atoms with Crippen molar-refractivity contribution in [1.29, 1.82) is 0 Å². The maximum absolute atomic E-state index is 6.17. The van der Waals surface area contributed by atoms with Crippen LogP contribution in [0.15, 0.2) is 102 Å². The number of nitrogens with zero attached hydrogens (tertiary/aromatic N) is 6. The van der Waals surface area contributed by atoms with Gasteiger partial charge in [-0.1, -0.05) is 94.8 Å². The zero-order chi connectivity index (χ0) is 43.0. The average molecular weight is 896 g/mol. The zero-order valence-electron chi connectivity index (χ0n) is 36.3. The van der Waals surface area contributed by atoms with Crippen LogP contribution in [0, 0.1) is 13.8 Å². The number of hydrogen-bond donors (Lipinski definition) is 0. The van der Waals surface area contributed by atoms with Crippen molar-refractivity contribution in [3.8, 4) is 11.4 Å². The molecule has 0 bridgehead atoms. The Kier molecular flexibility index (Phi) is 12.0. The van der Waals surface area contributed by atoms with Crippen molar-refractivity contribution in [2.24, 2.45) is 0 Å². The second kappa shape index (κ2) is 17.6. The summed E-state index contributed by atoms with van der Waals surface area (Å²) >= 11 is 3.55. The van der Waals surface area contributed by atoms with Gasteiger partial charge in [0, 0.05) is 15.6 Å². The quantitative estimate of drug-likeness (QED) is 0.157. The molecule has 318 valence electrons. The lowest BCUT2D eigenvalue weighted by Gasteiger charge is -2.32. The van der Waals surface area contributed by atoms with Crippen molar-refractivity contribution in [1.82, 2.24) is 29.5 Å². The van der Waals surface area contributed by atoms with E-state index in [4.69, 9.17) is 23.5 Å². The Bertz CT molecular complexity index is 2670. The fourth-order valence-electron chi connectivity index (χ4n) is 8.66. The molecule has 2 aromatic heterocycles. The molecule has 0 radical (unpaired) electrons. The van der Waals surface area contributed by atoms with Gasteiger partial charge in [0.1, 0.15) is 24.9 Å². The fourth-order valence-corrected chi connectivity index (χ4v) is 9.13. The van der Waals surface area contributed by atoms with Crippen LogP contribution in [0.1, 0.15) is 103 Å². The van der Waals surface area contributed by atoms with Crippen LogP contribution in [0.2, 0.25) is 0 Å². The number of benzene rings is 4. The van der Waals surface area contributed by atoms with Gasteiger partial charge in [0.05, 0.1) is 49.0 Å². The van der Waals surface area contributed by atoms with Crippen LogP contribution in [0.5, 0.6) is 0 Å². The van der Waals surface area contributed by atoms with Gasteiger partial charge in [-0.05, 0) is 118 Å². The summed E-state index contributed by atoms with van der Waals surface area (Å²) in [5.74, 6) is 3.52. The molecule has 6 heterocycles. The Labute approximate surface area is 372 Å². The summed E-state index contributed by atoms with van der Waals surface area (Å²) in [6.45, 7) is 15.7. The van der Waals surface area contributed by atoms with Gasteiger partial charge in [-0.25, -0.2) is 0 Å². The van der Waals surface area contributed by atoms with Crippen molar-refractivity contribution < 1.29 is 23.5 Å². The van der Waals surface area contributed by atoms with E-state index in [1.165, 1.54) is 45.4 Å². The molecule has 1 aliphatic carbocycles. The number of allylic oxidation sites excluding steroid dienone is 1. The summed E-state index contributed by atoms with van der Waals surface area (Å²) < 4.78 is 34.8. The molecular weight excluding hydrogens is 843 g/mol. The number of ether oxygens (including phenoxy) is 3. The highest BCUT2D eigenvalue weighted by Gasteiger charge is 2.52. The van der Waals surface area contributed by atoms with Crippen molar-refractivity contribution in [3.63, 3.8) is 0 Å². The van der Waals surface area contributed by atoms with E-state index in [9.17, 15) is 0 Å². The van der Waals surface area contributed by atoms with E-state index in [2.05, 4.69) is 141 Å². The first-order chi connectivity index (χ1) is 30.0. The third-order valence-corrected chi connectivity index (χ3v) is 13.3. The SMILES string of the molecule is CC1(C)OB(C2=CCOCc3ccccc32)OC1(C)C.Cc1nnc2n1-c1cccc(Br)c1COC2.Cc1nnc2n1-c1cccc(C3=CCCCc4ccccc43)c1COC2. The number of fused-ring (bicyclic) bond motifs is 8. The highest BCUT2D eigenvalue weighted by atomic mass is 79.9. The monoisotopic (exact) mass is 894 g/mol. The number of hydrogen-bond acceptors (Lipinski definition) is 9. The Morgan fingerprint density at radius 2 is 1.16 bits per heavy atom. The summed E-state index contributed by atoms with van der Waals surface area (Å²) in [5.41, 5.74) is 12.8. The molecule has 0 atom stereocenters. The maximum Gasteiger partial charge on any atom is 0.495 e. The predicted octanol–water partition coefficient (Wildman–Crippen LogP) is 9.97. The molecule has 0 spiro atoms. The molecule has 1 saturated heterocycles. The summed E-state index contributed by atoms with van der Waals surface area (Å²) in [7, 11) is -0.331. The fraction of sp³-hybridized carbons (Fsp3) is 0.347. The molecular formula is C49H52BBrN6O5. The molecule has 62 heavy (non-hydrogen) atoms. The smallest absolute Gasteiger partial charge is 0.399 e. The number of halogens is 1. The molecule has 1 fully saturated rings. The predicted molar refractivity (Wildman–Crippen MR) is 243 cm³/mol. The van der Waals surface area contributed by atoms with Crippen molar-refractivity contribution in [2.45, 2.75) is 105 Å². The van der Waals surface area contributed by atoms with Crippen molar-refractivity contribution in [3.05, 3.63) is 164 Å². The summed E-state index contributed by atoms with van der Waals surface area (Å²) in [6, 6.07) is 29.7. The van der Waals surface area contributed by atoms with Gasteiger partial charge < -0.3 is 23.5 Å². The summed E-state index contributed by atoms with van der Waals surface area (Å²) in [6.07, 6.45) is 7.91. The third-order valence-electron chi connectivity index (χ3n) is 12.6. The molecule has 11 rings (SSSR count). The van der Waals surface area contributed by atoms with Crippen LogP contribution >= 0.6 is 15.9 Å². The topological polar surface area (TPSA) is 108 Å². The van der Waals surface area contributed by atoms with E-state index in [1.807, 2.05) is 42.7 Å². The van der Waals surface area contributed by atoms with E-state index in [0.29, 0.717) is 39.6 Å². The molecule has 5 aliphatic rings. The molecule has 0 amide bonds. The van der Waals surface area contributed by atoms with E-state index in [1.54, 1.807) is 0 Å². The summed E-state index contributed by atoms with van der Waals surface area (Å²) in [5, 5.41) is 16.7. The van der Waals surface area contributed by atoms with Gasteiger partial charge in [-0.2, -0.15) is 0 Å². The second-order valence-corrected chi connectivity index (χ2v) is 18.0. The van der Waals surface area contributed by atoms with Gasteiger partial charge in [0.2, 0.25) is 0 Å². The van der Waals surface area contributed by atoms with Gasteiger partial charge in [0.15, 0.2) is 11.6 Å². The largest absolute Gasteiger partial charge is 0.495 e. The molecule has 0 saturated carbocycles. The molecule has 0 N–H and O–H groups in total. The standard InChI is InChI=1S/C22H21N3O.C16H21BO3.C11H10BrN3O/c1-15-23-24-22-14-26-13-20-19(11-6-12-21(20)25(15)22)18-10-5-3-8-16-7-2-4-9-17(16)18;1-15(2)16(3,4)20-17(19-15)14-9-10-18-11-12-7-5-6-8-13(12)14;1-7-13-14-11-6-16-5-8-9(12)3-2-4-10(8)15(7)11/h2,4,6-7,9-12H,3,5,8,13-14H2,1H3;5-9H,10-11H2,1-4H3;2-4H,5-6H2,1H3. The molecule has 0 unspecified atom stereocenters. The van der Waals surface area contributed by atoms with E-state index in [-0.39, 0.29) is 18.3 Å². The molecule has 4 aliphatic heterocycles. The van der Waals surface area contributed by atoms with E-state index in [0.717, 1.165) is 63.0 Å². The van der Waals surface area contributed by atoms with Crippen LogP contribution < -0.4 is 0 Å². The van der Waals surface area contributed by atoms with Crippen LogP contribution in [0.3, 0.4) is 0 Å². The van der Waals surface area contributed by atoms with Gasteiger partial charge >= 0.3 is 7.12 Å². The zero-order valence-corrected chi connectivity index (χ0v) is 37.9. The van der Waals surface area contributed by atoms with Crippen LogP contribution in [-0.4, -0.2) is 54.5 Å². The number of rotatable bonds is 2. The maximum atomic E-state index is 6.17. The Balaban J connectivity index is 0.000000122. The first-order valence-electron chi connectivity index (χ1n) is 21.4. The number of aryl methyl sites for hydroxylation is 3. The summed E-state index contributed by atoms with van der Waals surface area (Å²) in [4.78, 5) is 0. The first-order valence-corrected chi connectivity index (χ1v) is 22.2. The van der Waals surface area contributed by atoms with Crippen LogP contribution in [0.25, 0.3) is 22.4 Å². The Morgan fingerprint density at radius 1 is 0.581 bits per heavy atom. The van der Waals surface area contributed by atoms with E-state index >= 15 is 0 Å². The Morgan fingerprint density at radius 3 is 1.85 bits per heavy atom. The second-order valence-electron chi connectivity index (χ2n) is 17.1. The third kappa shape index (κ3) is 8.18. The van der Waals surface area contributed by atoms with E-state index < -0.39 is 0 Å². The molecule has 11 nitrogen and oxygen atoms in total. The molecule has 4 aromatic carbocycles. The molecule has 6 aromatic rings. The average Bonchev–Trinajstić information content (AvgIpc) is 3.57. The minimum Gasteiger partial charge on any atom is -0.399 e. The van der Waals surface area contributed by atoms with Gasteiger partial charge in [0.25, 0.3) is 0 Å². The van der Waals surface area contributed by atoms with Gasteiger partial charge in [-0.3, -0.25) is 9.13 Å². The van der Waals surface area contributed by atoms with Crippen molar-refractivity contribution in [2.75, 3.05) is 6.61 Å². The highest BCUT2D eigenvalue weighted by molar-refractivity contribution is 9.10. The highest BCUT2D eigenvalue weighted by Crippen LogP contribution is 2.42. The lowest BCUT2D eigenvalue weighted by molar-refractivity contribution is 0.00578. The Hall–Kier alpha value is -5.02.